The van der Waals surface area contributed by atoms with Crippen LogP contribution in [0, 0.1) is 0 Å². The average molecular weight is 329 g/mol. The van der Waals surface area contributed by atoms with Crippen molar-refractivity contribution in [2.75, 3.05) is 5.73 Å². The second kappa shape index (κ2) is 9.18. The summed E-state index contributed by atoms with van der Waals surface area (Å²) in [6.45, 7) is 7.61. The van der Waals surface area contributed by atoms with Crippen LogP contribution in [0.2, 0.25) is 0 Å². The Balaban J connectivity index is 0.000000326. The van der Waals surface area contributed by atoms with Gasteiger partial charge in [-0.2, -0.15) is 0 Å². The Hall–Kier alpha value is -3.20. The zero-order chi connectivity index (χ0) is 18.1. The normalized spacial score (nSPS) is 10.2. The molecule has 1 aromatic heterocycles. The molecule has 25 heavy (non-hydrogen) atoms. The van der Waals surface area contributed by atoms with E-state index in [0.717, 1.165) is 28.1 Å². The number of aromatic nitrogens is 2. The molecule has 3 rings (SSSR count). The van der Waals surface area contributed by atoms with E-state index in [9.17, 15) is 0 Å². The van der Waals surface area contributed by atoms with Crippen molar-refractivity contribution in [1.82, 2.24) is 9.97 Å². The lowest BCUT2D eigenvalue weighted by Gasteiger charge is -2.06. The molecule has 0 bridgehead atoms. The minimum absolute atomic E-state index is 0.292. The van der Waals surface area contributed by atoms with Gasteiger partial charge in [-0.3, -0.25) is 0 Å². The van der Waals surface area contributed by atoms with Crippen LogP contribution < -0.4 is 5.73 Å². The Bertz CT molecular complexity index is 780. The second-order valence-electron chi connectivity index (χ2n) is 5.58. The van der Waals surface area contributed by atoms with Crippen LogP contribution in [0.5, 0.6) is 0 Å². The number of nitrogens with zero attached hydrogens (tertiary/aromatic N) is 2. The molecule has 2 N–H and O–H groups in total. The van der Waals surface area contributed by atoms with Gasteiger partial charge in [0.25, 0.3) is 0 Å². The fraction of sp³-hybridized carbons (Fsp3) is 0.0909. The van der Waals surface area contributed by atoms with Gasteiger partial charge in [0, 0.05) is 11.1 Å². The summed E-state index contributed by atoms with van der Waals surface area (Å²) in [5.74, 6) is 0.292. The van der Waals surface area contributed by atoms with Crippen LogP contribution in [0.25, 0.3) is 22.5 Å². The maximum absolute atomic E-state index is 5.81. The molecule has 3 nitrogen and oxygen atoms in total. The first-order valence-corrected chi connectivity index (χ1v) is 8.13. The van der Waals surface area contributed by atoms with E-state index in [2.05, 4.69) is 16.5 Å². The van der Waals surface area contributed by atoms with Crippen molar-refractivity contribution in [2.24, 2.45) is 0 Å². The molecule has 126 valence electrons. The van der Waals surface area contributed by atoms with Crippen molar-refractivity contribution in [1.29, 1.82) is 0 Å². The van der Waals surface area contributed by atoms with Crippen molar-refractivity contribution in [3.63, 3.8) is 0 Å². The summed E-state index contributed by atoms with van der Waals surface area (Å²) in [6.07, 6.45) is 3.95. The number of hydrogen-bond donors (Lipinski definition) is 1. The SMILES string of the molecule is C=C(C)/C=C\C.Nc1nc(-c2ccccc2)cc(-c2ccccc2)n1. The van der Waals surface area contributed by atoms with E-state index in [0.29, 0.717) is 5.95 Å². The number of hydrogen-bond acceptors (Lipinski definition) is 3. The number of rotatable bonds is 3. The summed E-state index contributed by atoms with van der Waals surface area (Å²) in [6, 6.07) is 21.9. The molecule has 0 aliphatic carbocycles. The van der Waals surface area contributed by atoms with Crippen LogP contribution in [0.3, 0.4) is 0 Å². The Morgan fingerprint density at radius 1 is 0.880 bits per heavy atom. The van der Waals surface area contributed by atoms with Crippen LogP contribution in [0.1, 0.15) is 13.8 Å². The predicted octanol–water partition coefficient (Wildman–Crippen LogP) is 5.53. The first kappa shape index (κ1) is 18.1. The van der Waals surface area contributed by atoms with E-state index >= 15 is 0 Å². The molecule has 1 heterocycles. The zero-order valence-corrected chi connectivity index (χ0v) is 14.7. The standard InChI is InChI=1S/C16H13N3.C6H10/c17-16-18-14(12-7-3-1-4-8-12)11-15(19-16)13-9-5-2-6-10-13;1-4-5-6(2)3/h1-11H,(H2,17,18,19);4-5H,2H2,1,3H3/b;5-4-. The average Bonchev–Trinajstić information content (AvgIpc) is 2.63. The summed E-state index contributed by atoms with van der Waals surface area (Å²) < 4.78 is 0. The lowest BCUT2D eigenvalue weighted by atomic mass is 10.1. The first-order chi connectivity index (χ1) is 12.1. The van der Waals surface area contributed by atoms with E-state index in [1.165, 1.54) is 0 Å². The molecule has 0 aliphatic heterocycles. The molecule has 3 heteroatoms. The van der Waals surface area contributed by atoms with Crippen molar-refractivity contribution >= 4 is 5.95 Å². The summed E-state index contributed by atoms with van der Waals surface area (Å²) in [5.41, 5.74) is 10.7. The summed E-state index contributed by atoms with van der Waals surface area (Å²) in [4.78, 5) is 8.59. The summed E-state index contributed by atoms with van der Waals surface area (Å²) in [5, 5.41) is 0. The minimum Gasteiger partial charge on any atom is -0.368 e. The first-order valence-electron chi connectivity index (χ1n) is 8.13. The van der Waals surface area contributed by atoms with Crippen molar-refractivity contribution < 1.29 is 0 Å². The maximum Gasteiger partial charge on any atom is 0.221 e. The Morgan fingerprint density at radius 2 is 1.32 bits per heavy atom. The van der Waals surface area contributed by atoms with Gasteiger partial charge < -0.3 is 5.73 Å². The quantitative estimate of drug-likeness (QED) is 0.643. The number of benzene rings is 2. The van der Waals surface area contributed by atoms with E-state index in [4.69, 9.17) is 5.73 Å². The van der Waals surface area contributed by atoms with E-state index < -0.39 is 0 Å². The molecule has 0 saturated carbocycles. The van der Waals surface area contributed by atoms with Crippen molar-refractivity contribution in [3.8, 4) is 22.5 Å². The maximum atomic E-state index is 5.81. The Morgan fingerprint density at radius 3 is 1.64 bits per heavy atom. The fourth-order valence-electron chi connectivity index (χ4n) is 2.26. The van der Waals surface area contributed by atoms with Gasteiger partial charge in [-0.15, -0.1) is 0 Å². The lowest BCUT2D eigenvalue weighted by molar-refractivity contribution is 1.19. The summed E-state index contributed by atoms with van der Waals surface area (Å²) in [7, 11) is 0. The molecular weight excluding hydrogens is 306 g/mol. The number of allylic oxidation sites excluding steroid dienone is 3. The molecule has 3 aromatic rings. The van der Waals surface area contributed by atoms with Gasteiger partial charge in [-0.1, -0.05) is 85.0 Å². The van der Waals surface area contributed by atoms with Gasteiger partial charge in [-0.25, -0.2) is 9.97 Å². The van der Waals surface area contributed by atoms with Crippen LogP contribution >= 0.6 is 0 Å². The molecule has 0 atom stereocenters. The number of anilines is 1. The number of nitrogen functional groups attached to an aromatic ring is 1. The molecule has 0 saturated heterocycles. The Labute approximate surface area is 149 Å². The third-order valence-corrected chi connectivity index (χ3v) is 3.33. The fourth-order valence-corrected chi connectivity index (χ4v) is 2.26. The smallest absolute Gasteiger partial charge is 0.221 e. The molecule has 0 amide bonds. The molecule has 0 aliphatic rings. The van der Waals surface area contributed by atoms with Crippen molar-refractivity contribution in [2.45, 2.75) is 13.8 Å². The van der Waals surface area contributed by atoms with Crippen LogP contribution in [-0.4, -0.2) is 9.97 Å². The third-order valence-electron chi connectivity index (χ3n) is 3.33. The van der Waals surface area contributed by atoms with Crippen LogP contribution in [-0.2, 0) is 0 Å². The van der Waals surface area contributed by atoms with Gasteiger partial charge in [0.05, 0.1) is 11.4 Å². The monoisotopic (exact) mass is 329 g/mol. The Kier molecular flexibility index (Phi) is 6.66. The van der Waals surface area contributed by atoms with Crippen molar-refractivity contribution in [3.05, 3.63) is 91.0 Å². The molecule has 0 fully saturated rings. The van der Waals surface area contributed by atoms with Gasteiger partial charge in [0.15, 0.2) is 0 Å². The van der Waals surface area contributed by atoms with E-state index in [-0.39, 0.29) is 0 Å². The third kappa shape index (κ3) is 5.74. The summed E-state index contributed by atoms with van der Waals surface area (Å²) >= 11 is 0. The molecule has 2 aromatic carbocycles. The highest BCUT2D eigenvalue weighted by atomic mass is 15.0. The topological polar surface area (TPSA) is 51.8 Å². The predicted molar refractivity (Wildman–Crippen MR) is 107 cm³/mol. The number of nitrogens with two attached hydrogens (primary N) is 1. The highest BCUT2D eigenvalue weighted by Gasteiger charge is 2.06. The zero-order valence-electron chi connectivity index (χ0n) is 14.7. The molecule has 0 unspecified atom stereocenters. The van der Waals surface area contributed by atoms with Crippen LogP contribution in [0.15, 0.2) is 91.0 Å². The van der Waals surface area contributed by atoms with E-state index in [1.54, 1.807) is 0 Å². The highest BCUT2D eigenvalue weighted by Crippen LogP contribution is 2.23. The largest absolute Gasteiger partial charge is 0.368 e. The van der Waals surface area contributed by atoms with Gasteiger partial charge >= 0.3 is 0 Å². The molecule has 0 radical (unpaired) electrons. The van der Waals surface area contributed by atoms with E-state index in [1.807, 2.05) is 92.7 Å². The van der Waals surface area contributed by atoms with Gasteiger partial charge in [0.2, 0.25) is 5.95 Å². The van der Waals surface area contributed by atoms with Crippen LogP contribution in [0.4, 0.5) is 5.95 Å². The second-order valence-corrected chi connectivity index (χ2v) is 5.58. The molecule has 0 spiro atoms. The van der Waals surface area contributed by atoms with Gasteiger partial charge in [-0.05, 0) is 19.9 Å². The minimum atomic E-state index is 0.292. The molecular formula is C22H23N3. The highest BCUT2D eigenvalue weighted by molar-refractivity contribution is 5.68. The van der Waals surface area contributed by atoms with Gasteiger partial charge in [0.1, 0.15) is 0 Å². The lowest BCUT2D eigenvalue weighted by Crippen LogP contribution is -1.98.